The smallest absolute Gasteiger partial charge is 0.0652 e. The van der Waals surface area contributed by atoms with Crippen molar-refractivity contribution in [3.05, 3.63) is 0 Å². The van der Waals surface area contributed by atoms with E-state index in [0.29, 0.717) is 11.3 Å². The molecular formula is C12H24O. The van der Waals surface area contributed by atoms with Crippen LogP contribution < -0.4 is 0 Å². The van der Waals surface area contributed by atoms with Gasteiger partial charge >= 0.3 is 0 Å². The van der Waals surface area contributed by atoms with Gasteiger partial charge in [0.15, 0.2) is 0 Å². The second-order valence-electron chi connectivity index (χ2n) is 5.50. The fourth-order valence-corrected chi connectivity index (χ4v) is 2.80. The third-order valence-electron chi connectivity index (χ3n) is 4.03. The lowest BCUT2D eigenvalue weighted by Crippen LogP contribution is -2.45. The highest BCUT2D eigenvalue weighted by Gasteiger charge is 2.42. The first-order valence-corrected chi connectivity index (χ1v) is 5.62. The minimum atomic E-state index is -0.419. The lowest BCUT2D eigenvalue weighted by molar-refractivity contribution is -0.0813. The van der Waals surface area contributed by atoms with E-state index < -0.39 is 5.60 Å². The standard InChI is InChI=1S/C12H24O/c1-5-11(2,3)10-8-6-7-9-12(10,4)13/h10,13H,5-9H2,1-4H3. The van der Waals surface area contributed by atoms with E-state index in [1.165, 1.54) is 19.3 Å². The summed E-state index contributed by atoms with van der Waals surface area (Å²) in [6, 6.07) is 0. The zero-order chi connectivity index (χ0) is 10.1. The summed E-state index contributed by atoms with van der Waals surface area (Å²) in [5.41, 5.74) is -0.123. The predicted octanol–water partition coefficient (Wildman–Crippen LogP) is 3.36. The number of rotatable bonds is 2. The molecular weight excluding hydrogens is 160 g/mol. The molecule has 78 valence electrons. The Labute approximate surface area is 82.5 Å². The van der Waals surface area contributed by atoms with Crippen molar-refractivity contribution in [1.29, 1.82) is 0 Å². The first-order chi connectivity index (χ1) is 5.90. The summed E-state index contributed by atoms with van der Waals surface area (Å²) in [4.78, 5) is 0. The molecule has 0 amide bonds. The quantitative estimate of drug-likeness (QED) is 0.697. The van der Waals surface area contributed by atoms with Crippen LogP contribution >= 0.6 is 0 Å². The highest BCUT2D eigenvalue weighted by Crippen LogP contribution is 2.45. The molecule has 0 aromatic carbocycles. The third-order valence-corrected chi connectivity index (χ3v) is 4.03. The van der Waals surface area contributed by atoms with Gasteiger partial charge < -0.3 is 5.11 Å². The molecule has 1 rings (SSSR count). The molecule has 1 N–H and O–H groups in total. The highest BCUT2D eigenvalue weighted by atomic mass is 16.3. The average Bonchev–Trinajstić information content (AvgIpc) is 2.03. The van der Waals surface area contributed by atoms with Gasteiger partial charge in [-0.2, -0.15) is 0 Å². The minimum Gasteiger partial charge on any atom is -0.390 e. The summed E-state index contributed by atoms with van der Waals surface area (Å²) < 4.78 is 0. The van der Waals surface area contributed by atoms with Crippen LogP contribution in [0.15, 0.2) is 0 Å². The summed E-state index contributed by atoms with van der Waals surface area (Å²) in [6.07, 6.45) is 5.84. The second kappa shape index (κ2) is 3.61. The van der Waals surface area contributed by atoms with Crippen molar-refractivity contribution in [2.45, 2.75) is 65.4 Å². The van der Waals surface area contributed by atoms with E-state index in [0.717, 1.165) is 12.8 Å². The van der Waals surface area contributed by atoms with Crippen LogP contribution in [0.4, 0.5) is 0 Å². The Morgan fingerprint density at radius 3 is 2.46 bits per heavy atom. The second-order valence-corrected chi connectivity index (χ2v) is 5.50. The summed E-state index contributed by atoms with van der Waals surface area (Å²) >= 11 is 0. The normalized spacial score (nSPS) is 36.2. The molecule has 0 aliphatic heterocycles. The molecule has 0 saturated heterocycles. The van der Waals surface area contributed by atoms with Crippen molar-refractivity contribution in [2.24, 2.45) is 11.3 Å². The zero-order valence-corrected chi connectivity index (χ0v) is 9.56. The van der Waals surface area contributed by atoms with Crippen LogP contribution in [0.3, 0.4) is 0 Å². The number of hydrogen-bond donors (Lipinski definition) is 1. The maximum absolute atomic E-state index is 10.3. The first kappa shape index (κ1) is 11.0. The average molecular weight is 184 g/mol. The number of aliphatic hydroxyl groups is 1. The third kappa shape index (κ3) is 2.25. The summed E-state index contributed by atoms with van der Waals surface area (Å²) in [5.74, 6) is 0.485. The van der Waals surface area contributed by atoms with Gasteiger partial charge in [0, 0.05) is 0 Å². The van der Waals surface area contributed by atoms with E-state index in [-0.39, 0.29) is 0 Å². The lowest BCUT2D eigenvalue weighted by atomic mass is 9.63. The summed E-state index contributed by atoms with van der Waals surface area (Å²) in [5, 5.41) is 10.3. The molecule has 13 heavy (non-hydrogen) atoms. The molecule has 1 saturated carbocycles. The first-order valence-electron chi connectivity index (χ1n) is 5.62. The van der Waals surface area contributed by atoms with E-state index >= 15 is 0 Å². The van der Waals surface area contributed by atoms with Crippen LogP contribution in [0.1, 0.15) is 59.8 Å². The Balaban J connectivity index is 2.76. The van der Waals surface area contributed by atoms with Crippen LogP contribution in [0, 0.1) is 11.3 Å². The fraction of sp³-hybridized carbons (Fsp3) is 1.00. The highest BCUT2D eigenvalue weighted by molar-refractivity contribution is 4.93. The molecule has 0 heterocycles. The van der Waals surface area contributed by atoms with Gasteiger partial charge in [-0.05, 0) is 31.1 Å². The Bertz CT molecular complexity index is 162. The van der Waals surface area contributed by atoms with Gasteiger partial charge in [-0.3, -0.25) is 0 Å². The zero-order valence-electron chi connectivity index (χ0n) is 9.56. The molecule has 0 aromatic rings. The Hall–Kier alpha value is -0.0400. The molecule has 0 bridgehead atoms. The maximum atomic E-state index is 10.3. The Morgan fingerprint density at radius 1 is 1.38 bits per heavy atom. The number of hydrogen-bond acceptors (Lipinski definition) is 1. The topological polar surface area (TPSA) is 20.2 Å². The molecule has 0 aromatic heterocycles. The summed E-state index contributed by atoms with van der Waals surface area (Å²) in [7, 11) is 0. The van der Waals surface area contributed by atoms with E-state index in [9.17, 15) is 5.11 Å². The van der Waals surface area contributed by atoms with Gasteiger partial charge in [0.1, 0.15) is 0 Å². The molecule has 2 unspecified atom stereocenters. The van der Waals surface area contributed by atoms with Gasteiger partial charge in [-0.25, -0.2) is 0 Å². The van der Waals surface area contributed by atoms with Gasteiger partial charge in [0.2, 0.25) is 0 Å². The molecule has 1 nitrogen and oxygen atoms in total. The van der Waals surface area contributed by atoms with Crippen LogP contribution in [0.5, 0.6) is 0 Å². The van der Waals surface area contributed by atoms with E-state index in [1.54, 1.807) is 0 Å². The van der Waals surface area contributed by atoms with Gasteiger partial charge in [0.25, 0.3) is 0 Å². The van der Waals surface area contributed by atoms with Gasteiger partial charge in [0.05, 0.1) is 5.60 Å². The van der Waals surface area contributed by atoms with Crippen molar-refractivity contribution >= 4 is 0 Å². The SMILES string of the molecule is CCC(C)(C)C1CCCCC1(C)O. The minimum absolute atomic E-state index is 0.296. The van der Waals surface area contributed by atoms with E-state index in [4.69, 9.17) is 0 Å². The largest absolute Gasteiger partial charge is 0.390 e. The predicted molar refractivity (Wildman–Crippen MR) is 56.7 cm³/mol. The van der Waals surface area contributed by atoms with Crippen LogP contribution in [0.2, 0.25) is 0 Å². The molecule has 1 aliphatic rings. The van der Waals surface area contributed by atoms with E-state index in [2.05, 4.69) is 20.8 Å². The van der Waals surface area contributed by atoms with Crippen molar-refractivity contribution in [3.8, 4) is 0 Å². The van der Waals surface area contributed by atoms with E-state index in [1.807, 2.05) is 6.92 Å². The lowest BCUT2D eigenvalue weighted by Gasteiger charge is -2.46. The monoisotopic (exact) mass is 184 g/mol. The summed E-state index contributed by atoms with van der Waals surface area (Å²) in [6.45, 7) is 8.83. The molecule has 0 spiro atoms. The van der Waals surface area contributed by atoms with Crippen LogP contribution in [-0.2, 0) is 0 Å². The molecule has 1 fully saturated rings. The van der Waals surface area contributed by atoms with Gasteiger partial charge in [-0.1, -0.05) is 40.0 Å². The van der Waals surface area contributed by atoms with Crippen molar-refractivity contribution in [3.63, 3.8) is 0 Å². The maximum Gasteiger partial charge on any atom is 0.0652 e. The van der Waals surface area contributed by atoms with Crippen molar-refractivity contribution < 1.29 is 5.11 Å². The van der Waals surface area contributed by atoms with Crippen LogP contribution in [-0.4, -0.2) is 10.7 Å². The van der Waals surface area contributed by atoms with Crippen molar-refractivity contribution in [1.82, 2.24) is 0 Å². The molecule has 0 radical (unpaired) electrons. The van der Waals surface area contributed by atoms with Crippen molar-refractivity contribution in [2.75, 3.05) is 0 Å². The molecule has 1 aliphatic carbocycles. The van der Waals surface area contributed by atoms with Crippen LogP contribution in [0.25, 0.3) is 0 Å². The fourth-order valence-electron chi connectivity index (χ4n) is 2.80. The Kier molecular flexibility index (Phi) is 3.06. The molecule has 1 heteroatoms. The Morgan fingerprint density at radius 2 is 2.00 bits per heavy atom. The van der Waals surface area contributed by atoms with Gasteiger partial charge in [-0.15, -0.1) is 0 Å². The molecule has 2 atom stereocenters.